The summed E-state index contributed by atoms with van der Waals surface area (Å²) in [4.78, 5) is 12.2. The SMILES string of the molecule is COc1ccc(-n2cc(C)c(Cl)c(C#N)c2=O)cc1. The summed E-state index contributed by atoms with van der Waals surface area (Å²) in [7, 11) is 1.57. The van der Waals surface area contributed by atoms with Gasteiger partial charge in [-0.05, 0) is 36.8 Å². The van der Waals surface area contributed by atoms with Gasteiger partial charge < -0.3 is 4.74 Å². The fourth-order valence-corrected chi connectivity index (χ4v) is 1.92. The fourth-order valence-electron chi connectivity index (χ4n) is 1.75. The van der Waals surface area contributed by atoms with Crippen LogP contribution in [0.1, 0.15) is 11.1 Å². The lowest BCUT2D eigenvalue weighted by atomic mass is 10.2. The topological polar surface area (TPSA) is 55.0 Å². The summed E-state index contributed by atoms with van der Waals surface area (Å²) >= 11 is 5.95. The number of hydrogen-bond acceptors (Lipinski definition) is 3. The number of hydrogen-bond donors (Lipinski definition) is 0. The molecule has 19 heavy (non-hydrogen) atoms. The largest absolute Gasteiger partial charge is 0.497 e. The Morgan fingerprint density at radius 1 is 1.32 bits per heavy atom. The molecule has 0 fully saturated rings. The van der Waals surface area contributed by atoms with Gasteiger partial charge in [0, 0.05) is 11.9 Å². The van der Waals surface area contributed by atoms with Crippen LogP contribution in [0.4, 0.5) is 0 Å². The summed E-state index contributed by atoms with van der Waals surface area (Å²) in [6.07, 6.45) is 1.62. The maximum atomic E-state index is 12.2. The van der Waals surface area contributed by atoms with Gasteiger partial charge in [-0.15, -0.1) is 0 Å². The van der Waals surface area contributed by atoms with Crippen LogP contribution in [-0.2, 0) is 0 Å². The molecule has 0 N–H and O–H groups in total. The van der Waals surface area contributed by atoms with E-state index in [9.17, 15) is 4.79 Å². The summed E-state index contributed by atoms with van der Waals surface area (Å²) in [6, 6.07) is 8.83. The van der Waals surface area contributed by atoms with Crippen molar-refractivity contribution in [2.24, 2.45) is 0 Å². The highest BCUT2D eigenvalue weighted by molar-refractivity contribution is 6.32. The Bertz CT molecular complexity index is 712. The van der Waals surface area contributed by atoms with E-state index < -0.39 is 5.56 Å². The molecule has 0 bridgehead atoms. The first-order valence-corrected chi connectivity index (χ1v) is 5.92. The molecule has 0 aliphatic rings. The van der Waals surface area contributed by atoms with Crippen LogP contribution in [0.25, 0.3) is 5.69 Å². The molecular formula is C14H11ClN2O2. The van der Waals surface area contributed by atoms with E-state index in [4.69, 9.17) is 21.6 Å². The summed E-state index contributed by atoms with van der Waals surface area (Å²) in [5.74, 6) is 0.697. The third-order valence-corrected chi connectivity index (χ3v) is 3.27. The normalized spacial score (nSPS) is 10.0. The van der Waals surface area contributed by atoms with Gasteiger partial charge in [-0.1, -0.05) is 11.6 Å². The van der Waals surface area contributed by atoms with Crippen LogP contribution in [0.3, 0.4) is 0 Å². The number of nitriles is 1. The fraction of sp³-hybridized carbons (Fsp3) is 0.143. The standard InChI is InChI=1S/C14H11ClN2O2/c1-9-8-17(14(18)12(7-16)13(9)15)10-3-5-11(19-2)6-4-10/h3-6,8H,1-2H3. The van der Waals surface area contributed by atoms with Crippen LogP contribution in [0.5, 0.6) is 5.75 Å². The molecule has 2 rings (SSSR count). The highest BCUT2D eigenvalue weighted by Crippen LogP contribution is 2.19. The van der Waals surface area contributed by atoms with E-state index in [1.807, 2.05) is 6.07 Å². The Labute approximate surface area is 115 Å². The van der Waals surface area contributed by atoms with Crippen molar-refractivity contribution in [1.82, 2.24) is 4.57 Å². The van der Waals surface area contributed by atoms with Gasteiger partial charge >= 0.3 is 0 Å². The van der Waals surface area contributed by atoms with Crippen LogP contribution in [-0.4, -0.2) is 11.7 Å². The van der Waals surface area contributed by atoms with Crippen LogP contribution in [0.2, 0.25) is 5.02 Å². The predicted octanol–water partition coefficient (Wildman–Crippen LogP) is 2.68. The maximum Gasteiger partial charge on any atom is 0.274 e. The molecule has 4 nitrogen and oxygen atoms in total. The van der Waals surface area contributed by atoms with E-state index in [-0.39, 0.29) is 10.6 Å². The van der Waals surface area contributed by atoms with E-state index >= 15 is 0 Å². The molecule has 0 radical (unpaired) electrons. The number of halogens is 1. The summed E-state index contributed by atoms with van der Waals surface area (Å²) in [5.41, 5.74) is 0.858. The van der Waals surface area contributed by atoms with Crippen LogP contribution in [0.15, 0.2) is 35.3 Å². The van der Waals surface area contributed by atoms with Crippen molar-refractivity contribution in [1.29, 1.82) is 5.26 Å². The quantitative estimate of drug-likeness (QED) is 0.846. The van der Waals surface area contributed by atoms with Gasteiger partial charge in [-0.3, -0.25) is 9.36 Å². The first-order valence-electron chi connectivity index (χ1n) is 5.54. The lowest BCUT2D eigenvalue weighted by Crippen LogP contribution is -2.21. The summed E-state index contributed by atoms with van der Waals surface area (Å²) in [5, 5.41) is 9.22. The minimum absolute atomic E-state index is 0.0440. The van der Waals surface area contributed by atoms with E-state index in [0.717, 1.165) is 0 Å². The monoisotopic (exact) mass is 274 g/mol. The van der Waals surface area contributed by atoms with Crippen LogP contribution in [0, 0.1) is 18.3 Å². The second kappa shape index (κ2) is 5.17. The Kier molecular flexibility index (Phi) is 3.59. The van der Waals surface area contributed by atoms with E-state index in [2.05, 4.69) is 0 Å². The average molecular weight is 275 g/mol. The Hall–Kier alpha value is -2.25. The lowest BCUT2D eigenvalue weighted by Gasteiger charge is -2.10. The van der Waals surface area contributed by atoms with Crippen molar-refractivity contribution < 1.29 is 4.74 Å². The molecular weight excluding hydrogens is 264 g/mol. The molecule has 0 saturated carbocycles. The predicted molar refractivity (Wildman–Crippen MR) is 73.1 cm³/mol. The second-order valence-electron chi connectivity index (χ2n) is 3.99. The molecule has 2 aromatic rings. The van der Waals surface area contributed by atoms with Crippen molar-refractivity contribution >= 4 is 11.6 Å². The van der Waals surface area contributed by atoms with Crippen molar-refractivity contribution in [3.63, 3.8) is 0 Å². The molecule has 1 aromatic heterocycles. The van der Waals surface area contributed by atoms with Crippen LogP contribution < -0.4 is 10.3 Å². The zero-order valence-corrected chi connectivity index (χ0v) is 11.2. The van der Waals surface area contributed by atoms with Gasteiger partial charge in [0.15, 0.2) is 0 Å². The first kappa shape index (κ1) is 13.2. The van der Waals surface area contributed by atoms with Gasteiger partial charge in [0.05, 0.1) is 12.1 Å². The molecule has 1 heterocycles. The molecule has 0 unspecified atom stereocenters. The van der Waals surface area contributed by atoms with Gasteiger partial charge in [-0.2, -0.15) is 5.26 Å². The zero-order valence-electron chi connectivity index (χ0n) is 10.5. The number of methoxy groups -OCH3 is 1. The van der Waals surface area contributed by atoms with Crippen molar-refractivity contribution in [2.75, 3.05) is 7.11 Å². The molecule has 0 aliphatic heterocycles. The average Bonchev–Trinajstić information content (AvgIpc) is 2.44. The molecule has 0 saturated heterocycles. The summed E-state index contributed by atoms with van der Waals surface area (Å²) in [6.45, 7) is 1.75. The van der Waals surface area contributed by atoms with Gasteiger partial charge in [-0.25, -0.2) is 0 Å². The van der Waals surface area contributed by atoms with E-state index in [1.54, 1.807) is 44.5 Å². The number of benzene rings is 1. The minimum atomic E-state index is -0.428. The van der Waals surface area contributed by atoms with Crippen molar-refractivity contribution in [3.8, 4) is 17.5 Å². The third kappa shape index (κ3) is 2.33. The number of nitrogens with zero attached hydrogens (tertiary/aromatic N) is 2. The van der Waals surface area contributed by atoms with E-state index in [1.165, 1.54) is 4.57 Å². The van der Waals surface area contributed by atoms with Crippen LogP contribution >= 0.6 is 11.6 Å². The molecule has 0 amide bonds. The van der Waals surface area contributed by atoms with Gasteiger partial charge in [0.25, 0.3) is 5.56 Å². The van der Waals surface area contributed by atoms with Gasteiger partial charge in [0.2, 0.25) is 0 Å². The lowest BCUT2D eigenvalue weighted by molar-refractivity contribution is 0.414. The Balaban J connectivity index is 2.66. The highest BCUT2D eigenvalue weighted by atomic mass is 35.5. The molecule has 96 valence electrons. The van der Waals surface area contributed by atoms with Crippen molar-refractivity contribution in [3.05, 3.63) is 57.0 Å². The molecule has 0 aliphatic carbocycles. The second-order valence-corrected chi connectivity index (χ2v) is 4.36. The number of ether oxygens (including phenoxy) is 1. The summed E-state index contributed by atoms with van der Waals surface area (Å²) < 4.78 is 6.46. The third-order valence-electron chi connectivity index (χ3n) is 2.78. The van der Waals surface area contributed by atoms with Gasteiger partial charge in [0.1, 0.15) is 17.4 Å². The molecule has 5 heteroatoms. The zero-order chi connectivity index (χ0) is 14.0. The highest BCUT2D eigenvalue weighted by Gasteiger charge is 2.12. The number of aromatic nitrogens is 1. The first-order chi connectivity index (χ1) is 9.08. The van der Waals surface area contributed by atoms with E-state index in [0.29, 0.717) is 17.0 Å². The number of rotatable bonds is 2. The Morgan fingerprint density at radius 3 is 2.47 bits per heavy atom. The Morgan fingerprint density at radius 2 is 1.95 bits per heavy atom. The minimum Gasteiger partial charge on any atom is -0.497 e. The molecule has 0 atom stereocenters. The smallest absolute Gasteiger partial charge is 0.274 e. The molecule has 0 spiro atoms. The maximum absolute atomic E-state index is 12.2. The van der Waals surface area contributed by atoms with Crippen molar-refractivity contribution in [2.45, 2.75) is 6.92 Å². The molecule has 1 aromatic carbocycles. The number of aryl methyl sites for hydroxylation is 1. The number of pyridine rings is 1.